The molecule has 0 saturated carbocycles. The van der Waals surface area contributed by atoms with E-state index in [0.29, 0.717) is 6.04 Å². The van der Waals surface area contributed by atoms with E-state index in [1.807, 2.05) is 19.3 Å². The normalized spacial score (nSPS) is 18.4. The molecule has 1 saturated heterocycles. The van der Waals surface area contributed by atoms with Gasteiger partial charge in [-0.05, 0) is 46.8 Å². The van der Waals surface area contributed by atoms with E-state index in [9.17, 15) is 0 Å². The number of nitrogens with zero attached hydrogens (tertiary/aromatic N) is 6. The summed E-state index contributed by atoms with van der Waals surface area (Å²) in [7, 11) is 4.19. The van der Waals surface area contributed by atoms with Crippen LogP contribution in [0.25, 0.3) is 0 Å². The molecule has 3 rings (SSSR count). The minimum absolute atomic E-state index is 0.364. The summed E-state index contributed by atoms with van der Waals surface area (Å²) in [4.78, 5) is 18.6. The van der Waals surface area contributed by atoms with E-state index in [2.05, 4.69) is 51.6 Å². The maximum atomic E-state index is 4.84. The van der Waals surface area contributed by atoms with Crippen LogP contribution >= 0.6 is 0 Å². The number of imidazole rings is 1. The van der Waals surface area contributed by atoms with Crippen molar-refractivity contribution >= 4 is 0 Å². The van der Waals surface area contributed by atoms with E-state index in [1.165, 1.54) is 17.7 Å². The van der Waals surface area contributed by atoms with Crippen LogP contribution in [0.4, 0.5) is 0 Å². The van der Waals surface area contributed by atoms with Crippen LogP contribution in [0.5, 0.6) is 0 Å². The van der Waals surface area contributed by atoms with Crippen LogP contribution in [0, 0.1) is 6.92 Å². The zero-order valence-corrected chi connectivity index (χ0v) is 15.9. The average molecular weight is 342 g/mol. The average Bonchev–Trinajstić information content (AvgIpc) is 3.19. The Morgan fingerprint density at radius 2 is 2.12 bits per heavy atom. The lowest BCUT2D eigenvalue weighted by atomic mass is 10.1. The van der Waals surface area contributed by atoms with E-state index < -0.39 is 0 Å². The summed E-state index contributed by atoms with van der Waals surface area (Å²) in [5.41, 5.74) is 2.44. The fourth-order valence-electron chi connectivity index (χ4n) is 3.71. The topological polar surface area (TPSA) is 50.1 Å². The van der Waals surface area contributed by atoms with Gasteiger partial charge in [-0.3, -0.25) is 4.90 Å². The fraction of sp³-hybridized carbons (Fsp3) is 0.632. The lowest BCUT2D eigenvalue weighted by molar-refractivity contribution is 0.231. The molecule has 0 radical (unpaired) electrons. The van der Waals surface area contributed by atoms with Crippen LogP contribution in [-0.4, -0.2) is 50.0 Å². The van der Waals surface area contributed by atoms with Crippen molar-refractivity contribution in [3.63, 3.8) is 0 Å². The van der Waals surface area contributed by atoms with Gasteiger partial charge in [-0.25, -0.2) is 15.0 Å². The zero-order chi connectivity index (χ0) is 17.8. The Kier molecular flexibility index (Phi) is 5.81. The van der Waals surface area contributed by atoms with Crippen LogP contribution in [0.15, 0.2) is 18.6 Å². The Hall–Kier alpha value is -1.79. The molecular weight excluding hydrogens is 312 g/mol. The van der Waals surface area contributed by atoms with Crippen molar-refractivity contribution in [3.8, 4) is 0 Å². The fourth-order valence-corrected chi connectivity index (χ4v) is 3.71. The van der Waals surface area contributed by atoms with Crippen molar-refractivity contribution in [2.75, 3.05) is 20.6 Å². The molecule has 6 nitrogen and oxygen atoms in total. The summed E-state index contributed by atoms with van der Waals surface area (Å²) < 4.78 is 2.28. The molecule has 0 aliphatic carbocycles. The highest BCUT2D eigenvalue weighted by atomic mass is 15.2. The molecule has 1 aliphatic rings. The number of aromatic nitrogens is 4. The first-order chi connectivity index (χ1) is 12.1. The molecule has 0 spiro atoms. The largest absolute Gasteiger partial charge is 0.334 e. The summed E-state index contributed by atoms with van der Waals surface area (Å²) in [6, 6.07) is 0.364. The van der Waals surface area contributed by atoms with Crippen LogP contribution in [-0.2, 0) is 19.6 Å². The van der Waals surface area contributed by atoms with E-state index in [0.717, 1.165) is 50.7 Å². The standard InChI is InChI=1S/C19H30N6/c1-5-9-24-11-8-20-18(24)14-25-10-6-7-17(25)19-16(13-23(3)4)12-21-15(2)22-19/h8,11-12,17H,5-7,9-10,13-14H2,1-4H3. The molecule has 136 valence electrons. The molecule has 1 fully saturated rings. The van der Waals surface area contributed by atoms with Gasteiger partial charge in [0.1, 0.15) is 11.6 Å². The summed E-state index contributed by atoms with van der Waals surface area (Å²) in [5.74, 6) is 2.02. The number of hydrogen-bond donors (Lipinski definition) is 0. The minimum Gasteiger partial charge on any atom is -0.334 e. The van der Waals surface area contributed by atoms with Crippen molar-refractivity contribution in [1.29, 1.82) is 0 Å². The smallest absolute Gasteiger partial charge is 0.125 e. The molecule has 3 heterocycles. The highest BCUT2D eigenvalue weighted by molar-refractivity contribution is 5.22. The first-order valence-corrected chi connectivity index (χ1v) is 9.29. The van der Waals surface area contributed by atoms with E-state index in [4.69, 9.17) is 4.98 Å². The third kappa shape index (κ3) is 4.25. The second kappa shape index (κ2) is 8.06. The molecule has 0 aromatic carbocycles. The van der Waals surface area contributed by atoms with Gasteiger partial charge >= 0.3 is 0 Å². The summed E-state index contributed by atoms with van der Waals surface area (Å²) in [6.07, 6.45) is 9.52. The molecule has 0 N–H and O–H groups in total. The SMILES string of the molecule is CCCn1ccnc1CN1CCCC1c1nc(C)ncc1CN(C)C. The number of likely N-dealkylation sites (tertiary alicyclic amines) is 1. The summed E-state index contributed by atoms with van der Waals surface area (Å²) >= 11 is 0. The van der Waals surface area contributed by atoms with Gasteiger partial charge in [0.25, 0.3) is 0 Å². The van der Waals surface area contributed by atoms with Gasteiger partial charge in [0, 0.05) is 37.2 Å². The van der Waals surface area contributed by atoms with Gasteiger partial charge in [-0.2, -0.15) is 0 Å². The molecular formula is C19H30N6. The Morgan fingerprint density at radius 1 is 1.28 bits per heavy atom. The third-order valence-electron chi connectivity index (χ3n) is 4.80. The highest BCUT2D eigenvalue weighted by Gasteiger charge is 2.30. The molecule has 2 aromatic heterocycles. The highest BCUT2D eigenvalue weighted by Crippen LogP contribution is 2.34. The molecule has 2 aromatic rings. The number of rotatable bonds is 7. The molecule has 25 heavy (non-hydrogen) atoms. The van der Waals surface area contributed by atoms with Crippen molar-refractivity contribution in [3.05, 3.63) is 41.5 Å². The molecule has 0 bridgehead atoms. The van der Waals surface area contributed by atoms with Crippen LogP contribution in [0.1, 0.15) is 55.1 Å². The predicted molar refractivity (Wildman–Crippen MR) is 99.1 cm³/mol. The Labute approximate surface area is 150 Å². The summed E-state index contributed by atoms with van der Waals surface area (Å²) in [6.45, 7) is 8.10. The maximum Gasteiger partial charge on any atom is 0.125 e. The van der Waals surface area contributed by atoms with Gasteiger partial charge in [-0.1, -0.05) is 6.92 Å². The number of hydrogen-bond acceptors (Lipinski definition) is 5. The second-order valence-electron chi connectivity index (χ2n) is 7.23. The molecule has 6 heteroatoms. The van der Waals surface area contributed by atoms with Gasteiger partial charge in [0.15, 0.2) is 0 Å². The minimum atomic E-state index is 0.364. The quantitative estimate of drug-likeness (QED) is 0.774. The molecule has 1 atom stereocenters. The molecule has 1 unspecified atom stereocenters. The van der Waals surface area contributed by atoms with Gasteiger partial charge < -0.3 is 9.47 Å². The molecule has 1 aliphatic heterocycles. The van der Waals surface area contributed by atoms with Crippen LogP contribution in [0.3, 0.4) is 0 Å². The van der Waals surface area contributed by atoms with Crippen molar-refractivity contribution < 1.29 is 0 Å². The first-order valence-electron chi connectivity index (χ1n) is 9.29. The third-order valence-corrected chi connectivity index (χ3v) is 4.80. The Balaban J connectivity index is 1.84. The predicted octanol–water partition coefficient (Wildman–Crippen LogP) is 2.79. The Morgan fingerprint density at radius 3 is 2.88 bits per heavy atom. The van der Waals surface area contributed by atoms with E-state index in [-0.39, 0.29) is 0 Å². The first kappa shape index (κ1) is 18.0. The van der Waals surface area contributed by atoms with Gasteiger partial charge in [-0.15, -0.1) is 0 Å². The monoisotopic (exact) mass is 342 g/mol. The van der Waals surface area contributed by atoms with Gasteiger partial charge in [0.2, 0.25) is 0 Å². The molecule has 0 amide bonds. The van der Waals surface area contributed by atoms with E-state index in [1.54, 1.807) is 0 Å². The lowest BCUT2D eigenvalue weighted by Gasteiger charge is -2.26. The van der Waals surface area contributed by atoms with Crippen molar-refractivity contribution in [2.24, 2.45) is 0 Å². The summed E-state index contributed by atoms with van der Waals surface area (Å²) in [5, 5.41) is 0. The lowest BCUT2D eigenvalue weighted by Crippen LogP contribution is -2.27. The van der Waals surface area contributed by atoms with Crippen LogP contribution in [0.2, 0.25) is 0 Å². The second-order valence-corrected chi connectivity index (χ2v) is 7.23. The van der Waals surface area contributed by atoms with Gasteiger partial charge in [0.05, 0.1) is 18.3 Å². The van der Waals surface area contributed by atoms with E-state index >= 15 is 0 Å². The maximum absolute atomic E-state index is 4.84. The Bertz CT molecular complexity index is 693. The zero-order valence-electron chi connectivity index (χ0n) is 15.9. The van der Waals surface area contributed by atoms with Crippen molar-refractivity contribution in [2.45, 2.75) is 58.8 Å². The number of aryl methyl sites for hydroxylation is 2. The van der Waals surface area contributed by atoms with Crippen LogP contribution < -0.4 is 0 Å². The van der Waals surface area contributed by atoms with Crippen molar-refractivity contribution in [1.82, 2.24) is 29.3 Å².